The number of anilines is 1. The van der Waals surface area contributed by atoms with Crippen molar-refractivity contribution in [3.8, 4) is 17.0 Å². The Bertz CT molecular complexity index is 1150. The zero-order valence-electron chi connectivity index (χ0n) is 18.7. The maximum absolute atomic E-state index is 12.5. The summed E-state index contributed by atoms with van der Waals surface area (Å²) in [5.41, 5.74) is 11.7. The largest absolute Gasteiger partial charge is 0.477 e. The molecule has 0 atom stereocenters. The lowest BCUT2D eigenvalue weighted by molar-refractivity contribution is 0.100. The number of pyridine rings is 1. The van der Waals surface area contributed by atoms with Gasteiger partial charge >= 0.3 is 0 Å². The van der Waals surface area contributed by atoms with Crippen molar-refractivity contribution in [2.24, 2.45) is 11.7 Å². The second-order valence-corrected chi connectivity index (χ2v) is 9.14. The average molecular weight is 435 g/mol. The summed E-state index contributed by atoms with van der Waals surface area (Å²) >= 11 is 0. The number of rotatable bonds is 5. The number of ether oxygens (including phenoxy) is 1. The molecular weight excluding hydrogens is 404 g/mol. The first-order valence-electron chi connectivity index (χ1n) is 11.3. The van der Waals surface area contributed by atoms with Crippen LogP contribution in [0.4, 0.5) is 5.69 Å². The van der Waals surface area contributed by atoms with E-state index in [1.165, 1.54) is 0 Å². The smallest absolute Gasteiger partial charge is 0.253 e. The monoisotopic (exact) mass is 434 g/mol. The van der Waals surface area contributed by atoms with Crippen molar-refractivity contribution in [3.05, 3.63) is 35.8 Å². The van der Waals surface area contributed by atoms with Gasteiger partial charge in [-0.15, -0.1) is 0 Å². The molecule has 0 bridgehead atoms. The number of aromatic nitrogens is 3. The maximum atomic E-state index is 12.5. The van der Waals surface area contributed by atoms with Crippen molar-refractivity contribution in [3.63, 3.8) is 0 Å². The molecule has 8 heteroatoms. The molecule has 2 aromatic heterocycles. The lowest BCUT2D eigenvalue weighted by Crippen LogP contribution is -2.38. The molecule has 3 aromatic rings. The molecule has 1 saturated heterocycles. The van der Waals surface area contributed by atoms with Gasteiger partial charge in [-0.3, -0.25) is 4.79 Å². The number of benzene rings is 1. The molecule has 0 saturated carbocycles. The third kappa shape index (κ3) is 3.79. The van der Waals surface area contributed by atoms with Crippen molar-refractivity contribution in [2.45, 2.75) is 25.7 Å². The molecule has 0 spiro atoms. The van der Waals surface area contributed by atoms with Crippen molar-refractivity contribution in [1.29, 1.82) is 0 Å². The highest BCUT2D eigenvalue weighted by atomic mass is 16.5. The van der Waals surface area contributed by atoms with Crippen LogP contribution in [0.1, 0.15) is 35.2 Å². The topological polar surface area (TPSA) is 100 Å². The third-order valence-electron chi connectivity index (χ3n) is 6.57. The van der Waals surface area contributed by atoms with Gasteiger partial charge in [0.15, 0.2) is 0 Å². The maximum Gasteiger partial charge on any atom is 0.253 e. The van der Waals surface area contributed by atoms with Gasteiger partial charge in [-0.1, -0.05) is 0 Å². The van der Waals surface area contributed by atoms with Crippen LogP contribution in [0.3, 0.4) is 0 Å². The van der Waals surface area contributed by atoms with Gasteiger partial charge in [0.25, 0.3) is 5.91 Å². The Balaban J connectivity index is 1.58. The number of carbonyl (C=O) groups excluding carboxylic acids is 1. The number of hydrogen-bond donors (Lipinski definition) is 2. The third-order valence-corrected chi connectivity index (χ3v) is 6.57. The number of nitrogens with two attached hydrogens (primary N) is 1. The molecular formula is C24H30N6O2. The van der Waals surface area contributed by atoms with Crippen LogP contribution >= 0.6 is 0 Å². The standard InChI is InChI=1S/C24H30N6O2/c1-29(2)13-15-5-7-30(8-6-15)19-11-18(21-22(28-14-27-21)20(19)23(25)31)17-10-16-4-3-9-32-24(16)26-12-17/h10-12,14-15H,3-9,13H2,1-2H3,(H2,25,31)(H,27,28). The van der Waals surface area contributed by atoms with Gasteiger partial charge < -0.3 is 25.3 Å². The van der Waals surface area contributed by atoms with E-state index in [1.54, 1.807) is 6.33 Å². The molecule has 168 valence electrons. The highest BCUT2D eigenvalue weighted by Crippen LogP contribution is 2.38. The second kappa shape index (κ2) is 8.43. The highest BCUT2D eigenvalue weighted by Gasteiger charge is 2.27. The number of aromatic amines is 1. The van der Waals surface area contributed by atoms with E-state index in [-0.39, 0.29) is 0 Å². The van der Waals surface area contributed by atoms with E-state index >= 15 is 0 Å². The Labute approximate surface area is 187 Å². The number of hydrogen-bond acceptors (Lipinski definition) is 6. The quantitative estimate of drug-likeness (QED) is 0.641. The minimum Gasteiger partial charge on any atom is -0.477 e. The van der Waals surface area contributed by atoms with Gasteiger partial charge in [0.1, 0.15) is 0 Å². The van der Waals surface area contributed by atoms with Crippen LogP contribution in [-0.4, -0.2) is 66.1 Å². The number of nitrogens with zero attached hydrogens (tertiary/aromatic N) is 4. The highest BCUT2D eigenvalue weighted by molar-refractivity contribution is 6.12. The molecule has 1 fully saturated rings. The first kappa shape index (κ1) is 20.8. The van der Waals surface area contributed by atoms with Crippen LogP contribution in [0.5, 0.6) is 5.88 Å². The summed E-state index contributed by atoms with van der Waals surface area (Å²) in [5, 5.41) is 0. The van der Waals surface area contributed by atoms with E-state index in [1.807, 2.05) is 6.20 Å². The number of nitrogens with one attached hydrogen (secondary N) is 1. The summed E-state index contributed by atoms with van der Waals surface area (Å²) in [7, 11) is 4.24. The van der Waals surface area contributed by atoms with Crippen LogP contribution in [0.15, 0.2) is 24.7 Å². The Morgan fingerprint density at radius 2 is 2.09 bits per heavy atom. The number of carbonyl (C=O) groups is 1. The Hall–Kier alpha value is -3.13. The van der Waals surface area contributed by atoms with Crippen LogP contribution in [0, 0.1) is 5.92 Å². The zero-order valence-corrected chi connectivity index (χ0v) is 18.7. The lowest BCUT2D eigenvalue weighted by atomic mass is 9.93. The van der Waals surface area contributed by atoms with E-state index in [2.05, 4.69) is 51.0 Å². The number of primary amides is 1. The molecule has 5 rings (SSSR count). The fourth-order valence-corrected chi connectivity index (χ4v) is 5.07. The summed E-state index contributed by atoms with van der Waals surface area (Å²) in [6, 6.07) is 4.21. The minimum atomic E-state index is -0.437. The summed E-state index contributed by atoms with van der Waals surface area (Å²) in [4.78, 5) is 29.3. The van der Waals surface area contributed by atoms with Gasteiger partial charge in [0, 0.05) is 42.5 Å². The molecule has 3 N–H and O–H groups in total. The number of H-pyrrole nitrogens is 1. The van der Waals surface area contributed by atoms with Crippen LogP contribution in [0.25, 0.3) is 22.2 Å². The van der Waals surface area contributed by atoms with Gasteiger partial charge in [-0.05, 0) is 57.8 Å². The fourth-order valence-electron chi connectivity index (χ4n) is 5.07. The molecule has 1 amide bonds. The van der Waals surface area contributed by atoms with Crippen molar-refractivity contribution < 1.29 is 9.53 Å². The SMILES string of the molecule is CN(C)CC1CCN(c2cc(-c3cnc4c(c3)CCCO4)c3nc[nH]c3c2C(N)=O)CC1. The normalized spacial score (nSPS) is 16.9. The fraction of sp³-hybridized carbons (Fsp3) is 0.458. The molecule has 8 nitrogen and oxygen atoms in total. The number of aryl methyl sites for hydroxylation is 1. The number of amides is 1. The molecule has 2 aliphatic heterocycles. The lowest BCUT2D eigenvalue weighted by Gasteiger charge is -2.35. The predicted octanol–water partition coefficient (Wildman–Crippen LogP) is 2.83. The van der Waals surface area contributed by atoms with Crippen LogP contribution in [0.2, 0.25) is 0 Å². The average Bonchev–Trinajstić information content (AvgIpc) is 3.27. The van der Waals surface area contributed by atoms with Crippen molar-refractivity contribution in [1.82, 2.24) is 19.9 Å². The number of imidazole rings is 1. The van der Waals surface area contributed by atoms with Gasteiger partial charge in [0.05, 0.1) is 35.2 Å². The number of piperidine rings is 1. The van der Waals surface area contributed by atoms with Crippen LogP contribution < -0.4 is 15.4 Å². The Kier molecular flexibility index (Phi) is 5.46. The van der Waals surface area contributed by atoms with Gasteiger partial charge in [-0.25, -0.2) is 9.97 Å². The van der Waals surface area contributed by atoms with Gasteiger partial charge in [-0.2, -0.15) is 0 Å². The summed E-state index contributed by atoms with van der Waals surface area (Å²) in [6.07, 6.45) is 7.58. The summed E-state index contributed by atoms with van der Waals surface area (Å²) < 4.78 is 5.69. The molecule has 0 aliphatic carbocycles. The summed E-state index contributed by atoms with van der Waals surface area (Å²) in [6.45, 7) is 3.59. The molecule has 4 heterocycles. The first-order valence-corrected chi connectivity index (χ1v) is 11.3. The predicted molar refractivity (Wildman–Crippen MR) is 125 cm³/mol. The molecule has 2 aliphatic rings. The van der Waals surface area contributed by atoms with E-state index in [9.17, 15) is 4.79 Å². The van der Waals surface area contributed by atoms with Crippen LogP contribution in [-0.2, 0) is 6.42 Å². The Morgan fingerprint density at radius 3 is 2.84 bits per heavy atom. The van der Waals surface area contributed by atoms with E-state index < -0.39 is 5.91 Å². The second-order valence-electron chi connectivity index (χ2n) is 9.14. The van der Waals surface area contributed by atoms with E-state index in [4.69, 9.17) is 10.5 Å². The van der Waals surface area contributed by atoms with E-state index in [0.717, 1.165) is 79.1 Å². The minimum absolute atomic E-state index is 0.437. The zero-order chi connectivity index (χ0) is 22.2. The van der Waals surface area contributed by atoms with Crippen molar-refractivity contribution in [2.75, 3.05) is 45.2 Å². The molecule has 0 unspecified atom stereocenters. The van der Waals surface area contributed by atoms with E-state index in [0.29, 0.717) is 23.6 Å². The number of fused-ring (bicyclic) bond motifs is 2. The molecule has 32 heavy (non-hydrogen) atoms. The Morgan fingerprint density at radius 1 is 1.28 bits per heavy atom. The van der Waals surface area contributed by atoms with Gasteiger partial charge in [0.2, 0.25) is 5.88 Å². The first-order chi connectivity index (χ1) is 15.5. The van der Waals surface area contributed by atoms with Crippen molar-refractivity contribution >= 4 is 22.6 Å². The molecule has 0 radical (unpaired) electrons. The summed E-state index contributed by atoms with van der Waals surface area (Å²) in [5.74, 6) is 0.946. The molecule has 1 aromatic carbocycles.